The zero-order valence-electron chi connectivity index (χ0n) is 14.6. The second kappa shape index (κ2) is 7.03. The van der Waals surface area contributed by atoms with E-state index in [9.17, 15) is 9.18 Å². The number of nitrogens with zero attached hydrogens (tertiary/aromatic N) is 3. The predicted octanol–water partition coefficient (Wildman–Crippen LogP) is 3.54. The highest BCUT2D eigenvalue weighted by Gasteiger charge is 2.14. The first-order chi connectivity index (χ1) is 13.1. The van der Waals surface area contributed by atoms with Gasteiger partial charge in [0.15, 0.2) is 5.65 Å². The minimum absolute atomic E-state index is 0.230. The third-order valence-electron chi connectivity index (χ3n) is 4.37. The van der Waals surface area contributed by atoms with Gasteiger partial charge in [0.2, 0.25) is 0 Å². The fourth-order valence-electron chi connectivity index (χ4n) is 2.88. The standard InChI is InChI=1S/C20H17FN4O2/c1-13(14-4-7-16(21)8-5-14)22-20(26)15-6-9-18-23-24-19(25(18)12-15)11-17-3-2-10-27-17/h2-10,12-13H,11H2,1H3,(H,22,26). The first-order valence-electron chi connectivity index (χ1n) is 8.52. The summed E-state index contributed by atoms with van der Waals surface area (Å²) in [6.45, 7) is 1.85. The van der Waals surface area contributed by atoms with E-state index in [1.807, 2.05) is 19.1 Å². The van der Waals surface area contributed by atoms with Crippen molar-refractivity contribution in [1.82, 2.24) is 19.9 Å². The fraction of sp³-hybridized carbons (Fsp3) is 0.150. The minimum atomic E-state index is -0.306. The third-order valence-corrected chi connectivity index (χ3v) is 4.37. The minimum Gasteiger partial charge on any atom is -0.469 e. The van der Waals surface area contributed by atoms with Gasteiger partial charge in [0, 0.05) is 6.20 Å². The van der Waals surface area contributed by atoms with Crippen molar-refractivity contribution in [3.63, 3.8) is 0 Å². The van der Waals surface area contributed by atoms with Gasteiger partial charge in [0.25, 0.3) is 5.91 Å². The number of benzene rings is 1. The number of fused-ring (bicyclic) bond motifs is 1. The SMILES string of the molecule is CC(NC(=O)c1ccc2nnc(Cc3ccco3)n2c1)c1ccc(F)cc1. The number of hydrogen-bond donors (Lipinski definition) is 1. The molecule has 0 radical (unpaired) electrons. The highest BCUT2D eigenvalue weighted by molar-refractivity contribution is 5.94. The summed E-state index contributed by atoms with van der Waals surface area (Å²) in [6, 6.07) is 12.9. The number of aromatic nitrogens is 3. The highest BCUT2D eigenvalue weighted by atomic mass is 19.1. The summed E-state index contributed by atoms with van der Waals surface area (Å²) in [5.74, 6) is 0.913. The molecule has 0 aliphatic heterocycles. The molecule has 1 amide bonds. The molecule has 1 unspecified atom stereocenters. The van der Waals surface area contributed by atoms with E-state index in [0.29, 0.717) is 23.5 Å². The summed E-state index contributed by atoms with van der Waals surface area (Å²) in [7, 11) is 0. The molecule has 4 rings (SSSR count). The van der Waals surface area contributed by atoms with Gasteiger partial charge in [-0.05, 0) is 48.9 Å². The lowest BCUT2D eigenvalue weighted by Gasteiger charge is -2.14. The molecule has 0 bridgehead atoms. The van der Waals surface area contributed by atoms with E-state index < -0.39 is 0 Å². The highest BCUT2D eigenvalue weighted by Crippen LogP contribution is 2.15. The molecule has 6 nitrogen and oxygen atoms in total. The van der Waals surface area contributed by atoms with E-state index in [1.54, 1.807) is 41.1 Å². The monoisotopic (exact) mass is 364 g/mol. The molecular weight excluding hydrogens is 347 g/mol. The maximum Gasteiger partial charge on any atom is 0.253 e. The Morgan fingerprint density at radius 2 is 2.00 bits per heavy atom. The van der Waals surface area contributed by atoms with Crippen LogP contribution in [0, 0.1) is 5.82 Å². The number of hydrogen-bond acceptors (Lipinski definition) is 4. The first-order valence-corrected chi connectivity index (χ1v) is 8.52. The van der Waals surface area contributed by atoms with Crippen LogP contribution in [0.1, 0.15) is 40.5 Å². The molecule has 0 spiro atoms. The number of nitrogens with one attached hydrogen (secondary N) is 1. The maximum atomic E-state index is 13.1. The summed E-state index contributed by atoms with van der Waals surface area (Å²) in [6.07, 6.45) is 3.79. The Kier molecular flexibility index (Phi) is 4.42. The summed E-state index contributed by atoms with van der Waals surface area (Å²) in [5, 5.41) is 11.2. The Labute approximate surface area is 154 Å². The van der Waals surface area contributed by atoms with E-state index in [0.717, 1.165) is 11.3 Å². The molecule has 0 aliphatic carbocycles. The Balaban J connectivity index is 1.55. The molecule has 3 aromatic heterocycles. The van der Waals surface area contributed by atoms with Gasteiger partial charge < -0.3 is 9.73 Å². The molecule has 1 N–H and O–H groups in total. The normalized spacial score (nSPS) is 12.2. The first kappa shape index (κ1) is 17.0. The second-order valence-corrected chi connectivity index (χ2v) is 6.27. The van der Waals surface area contributed by atoms with Gasteiger partial charge in [0.1, 0.15) is 17.4 Å². The average Bonchev–Trinajstić information content (AvgIpc) is 3.32. The summed E-state index contributed by atoms with van der Waals surface area (Å²) in [4.78, 5) is 12.6. The van der Waals surface area contributed by atoms with Crippen LogP contribution in [0.4, 0.5) is 4.39 Å². The third kappa shape index (κ3) is 3.57. The Morgan fingerprint density at radius 3 is 2.74 bits per heavy atom. The smallest absolute Gasteiger partial charge is 0.253 e. The van der Waals surface area contributed by atoms with Crippen LogP contribution in [0.5, 0.6) is 0 Å². The van der Waals surface area contributed by atoms with E-state index >= 15 is 0 Å². The van der Waals surface area contributed by atoms with Gasteiger partial charge >= 0.3 is 0 Å². The molecule has 0 saturated heterocycles. The van der Waals surface area contributed by atoms with Gasteiger partial charge in [0.05, 0.1) is 24.3 Å². The van der Waals surface area contributed by atoms with Crippen LogP contribution in [0.3, 0.4) is 0 Å². The van der Waals surface area contributed by atoms with Crippen LogP contribution in [-0.4, -0.2) is 20.5 Å². The van der Waals surface area contributed by atoms with Crippen molar-refractivity contribution >= 4 is 11.6 Å². The fourth-order valence-corrected chi connectivity index (χ4v) is 2.88. The van der Waals surface area contributed by atoms with Crippen LogP contribution < -0.4 is 5.32 Å². The molecule has 0 aliphatic rings. The van der Waals surface area contributed by atoms with Crippen molar-refractivity contribution < 1.29 is 13.6 Å². The number of carbonyl (C=O) groups is 1. The number of rotatable bonds is 5. The summed E-state index contributed by atoms with van der Waals surface area (Å²) < 4.78 is 20.2. The van der Waals surface area contributed by atoms with Crippen LogP contribution >= 0.6 is 0 Å². The topological polar surface area (TPSA) is 72.4 Å². The molecule has 3 heterocycles. The van der Waals surface area contributed by atoms with E-state index in [-0.39, 0.29) is 17.8 Å². The Bertz CT molecular complexity index is 1070. The Hall–Kier alpha value is -3.48. The van der Waals surface area contributed by atoms with Crippen LogP contribution in [-0.2, 0) is 6.42 Å². The van der Waals surface area contributed by atoms with Gasteiger partial charge in [-0.3, -0.25) is 9.20 Å². The predicted molar refractivity (Wildman–Crippen MR) is 96.8 cm³/mol. The van der Waals surface area contributed by atoms with E-state index in [4.69, 9.17) is 4.42 Å². The van der Waals surface area contributed by atoms with Gasteiger partial charge in [-0.25, -0.2) is 4.39 Å². The Morgan fingerprint density at radius 1 is 1.19 bits per heavy atom. The summed E-state index contributed by atoms with van der Waals surface area (Å²) >= 11 is 0. The molecule has 1 aromatic carbocycles. The van der Waals surface area contributed by atoms with Crippen molar-refractivity contribution in [3.05, 3.63) is 89.5 Å². The molecule has 0 fully saturated rings. The number of amides is 1. The molecule has 1 atom stereocenters. The van der Waals surface area contributed by atoms with Crippen LogP contribution in [0.2, 0.25) is 0 Å². The largest absolute Gasteiger partial charge is 0.469 e. The van der Waals surface area contributed by atoms with Crippen molar-refractivity contribution in [2.45, 2.75) is 19.4 Å². The second-order valence-electron chi connectivity index (χ2n) is 6.27. The van der Waals surface area contributed by atoms with Gasteiger partial charge in [-0.1, -0.05) is 12.1 Å². The number of pyridine rings is 1. The van der Waals surface area contributed by atoms with Crippen LogP contribution in [0.25, 0.3) is 5.65 Å². The lowest BCUT2D eigenvalue weighted by atomic mass is 10.1. The average molecular weight is 364 g/mol. The number of halogens is 1. The lowest BCUT2D eigenvalue weighted by Crippen LogP contribution is -2.26. The van der Waals surface area contributed by atoms with Crippen molar-refractivity contribution in [2.24, 2.45) is 0 Å². The molecule has 27 heavy (non-hydrogen) atoms. The van der Waals surface area contributed by atoms with Crippen molar-refractivity contribution in [1.29, 1.82) is 0 Å². The van der Waals surface area contributed by atoms with Crippen molar-refractivity contribution in [3.8, 4) is 0 Å². The van der Waals surface area contributed by atoms with Gasteiger partial charge in [-0.2, -0.15) is 0 Å². The molecule has 7 heteroatoms. The lowest BCUT2D eigenvalue weighted by molar-refractivity contribution is 0.0939. The molecule has 0 saturated carbocycles. The number of carbonyl (C=O) groups excluding carboxylic acids is 1. The number of furan rings is 1. The van der Waals surface area contributed by atoms with E-state index in [1.165, 1.54) is 12.1 Å². The van der Waals surface area contributed by atoms with Gasteiger partial charge in [-0.15, -0.1) is 10.2 Å². The molecular formula is C20H17FN4O2. The summed E-state index contributed by atoms with van der Waals surface area (Å²) in [5.41, 5.74) is 1.96. The molecule has 136 valence electrons. The zero-order valence-corrected chi connectivity index (χ0v) is 14.6. The zero-order chi connectivity index (χ0) is 18.8. The van der Waals surface area contributed by atoms with Crippen LogP contribution in [0.15, 0.2) is 65.4 Å². The quantitative estimate of drug-likeness (QED) is 0.588. The van der Waals surface area contributed by atoms with Crippen molar-refractivity contribution in [2.75, 3.05) is 0 Å². The maximum absolute atomic E-state index is 13.1. The van der Waals surface area contributed by atoms with E-state index in [2.05, 4.69) is 15.5 Å². The molecule has 4 aromatic rings.